The number of hydrogen-bond donors (Lipinski definition) is 1. The van der Waals surface area contributed by atoms with Gasteiger partial charge in [0.25, 0.3) is 5.91 Å². The van der Waals surface area contributed by atoms with Gasteiger partial charge in [-0.15, -0.1) is 0 Å². The average molecular weight is 253 g/mol. The van der Waals surface area contributed by atoms with Crippen molar-refractivity contribution in [2.75, 3.05) is 6.54 Å². The first-order valence-electron chi connectivity index (χ1n) is 6.07. The Morgan fingerprint density at radius 2 is 2.11 bits per heavy atom. The molecule has 1 amide bonds. The number of benzene rings is 1. The third-order valence-electron chi connectivity index (χ3n) is 2.88. The van der Waals surface area contributed by atoms with Crippen molar-refractivity contribution in [2.24, 2.45) is 5.41 Å². The Balaban J connectivity index is 2.26. The van der Waals surface area contributed by atoms with E-state index in [2.05, 4.69) is 16.4 Å². The quantitative estimate of drug-likeness (QED) is 0.914. The Morgan fingerprint density at radius 3 is 2.84 bits per heavy atom. The van der Waals surface area contributed by atoms with Gasteiger partial charge in [0.1, 0.15) is 5.69 Å². The second kappa shape index (κ2) is 5.07. The molecule has 2 rings (SSSR count). The second-order valence-electron chi connectivity index (χ2n) is 5.06. The second-order valence-corrected chi connectivity index (χ2v) is 5.06. The van der Waals surface area contributed by atoms with Crippen LogP contribution < -0.4 is 5.32 Å². The number of aromatic nitrogens is 1. The molecule has 96 valence electrons. The molecule has 0 aliphatic rings. The monoisotopic (exact) mass is 253 g/mol. The van der Waals surface area contributed by atoms with Crippen LogP contribution in [0.5, 0.6) is 0 Å². The molecule has 4 heteroatoms. The number of pyridine rings is 1. The molecule has 2 aromatic rings. The van der Waals surface area contributed by atoms with Crippen LogP contribution in [0.2, 0.25) is 0 Å². The maximum absolute atomic E-state index is 12.1. The number of fused-ring (bicyclic) bond motifs is 1. The highest BCUT2D eigenvalue weighted by molar-refractivity contribution is 6.05. The molecule has 1 N–H and O–H groups in total. The van der Waals surface area contributed by atoms with Crippen molar-refractivity contribution in [2.45, 2.75) is 13.8 Å². The predicted octanol–water partition coefficient (Wildman–Crippen LogP) is 2.51. The molecule has 0 aliphatic carbocycles. The van der Waals surface area contributed by atoms with Crippen LogP contribution in [0.1, 0.15) is 24.3 Å². The smallest absolute Gasteiger partial charge is 0.270 e. The van der Waals surface area contributed by atoms with Gasteiger partial charge in [0.15, 0.2) is 0 Å². The van der Waals surface area contributed by atoms with E-state index in [1.807, 2.05) is 30.3 Å². The number of nitrogens with zero attached hydrogens (tertiary/aromatic N) is 2. The SMILES string of the molecule is CC(C)(C#N)CNC(=O)c1nccc2ccccc12. The highest BCUT2D eigenvalue weighted by atomic mass is 16.1. The fourth-order valence-electron chi connectivity index (χ4n) is 1.73. The zero-order valence-electron chi connectivity index (χ0n) is 11.0. The Morgan fingerprint density at radius 1 is 1.37 bits per heavy atom. The minimum absolute atomic E-state index is 0.250. The van der Waals surface area contributed by atoms with Crippen LogP contribution in [0, 0.1) is 16.7 Å². The number of amides is 1. The number of carbonyl (C=O) groups excluding carboxylic acids is 1. The Hall–Kier alpha value is -2.41. The molecule has 1 heterocycles. The van der Waals surface area contributed by atoms with E-state index < -0.39 is 5.41 Å². The first-order valence-corrected chi connectivity index (χ1v) is 6.07. The van der Waals surface area contributed by atoms with Crippen LogP contribution >= 0.6 is 0 Å². The van der Waals surface area contributed by atoms with Gasteiger partial charge in [-0.25, -0.2) is 0 Å². The Kier molecular flexibility index (Phi) is 3.48. The molecule has 0 atom stereocenters. The lowest BCUT2D eigenvalue weighted by molar-refractivity contribution is 0.0940. The number of hydrogen-bond acceptors (Lipinski definition) is 3. The molecule has 0 saturated heterocycles. The van der Waals surface area contributed by atoms with Crippen molar-refractivity contribution in [3.63, 3.8) is 0 Å². The Bertz CT molecular complexity index is 650. The number of rotatable bonds is 3. The maximum Gasteiger partial charge on any atom is 0.270 e. The van der Waals surface area contributed by atoms with Crippen molar-refractivity contribution in [3.8, 4) is 6.07 Å². The van der Waals surface area contributed by atoms with E-state index >= 15 is 0 Å². The van der Waals surface area contributed by atoms with Gasteiger partial charge in [-0.2, -0.15) is 5.26 Å². The minimum atomic E-state index is -0.583. The normalized spacial score (nSPS) is 11.0. The highest BCUT2D eigenvalue weighted by Crippen LogP contribution is 2.17. The van der Waals surface area contributed by atoms with Crippen LogP contribution in [-0.4, -0.2) is 17.4 Å². The lowest BCUT2D eigenvalue weighted by Gasteiger charge is -2.15. The van der Waals surface area contributed by atoms with Crippen LogP contribution in [0.3, 0.4) is 0 Å². The van der Waals surface area contributed by atoms with Gasteiger partial charge in [0, 0.05) is 18.1 Å². The molecule has 0 fully saturated rings. The summed E-state index contributed by atoms with van der Waals surface area (Å²) in [5.74, 6) is -0.250. The maximum atomic E-state index is 12.1. The molecular weight excluding hydrogens is 238 g/mol. The molecule has 1 aromatic heterocycles. The lowest BCUT2D eigenvalue weighted by Crippen LogP contribution is -2.33. The van der Waals surface area contributed by atoms with Gasteiger partial charge < -0.3 is 5.32 Å². The zero-order chi connectivity index (χ0) is 13.9. The molecule has 0 saturated carbocycles. The lowest BCUT2D eigenvalue weighted by atomic mass is 9.96. The van der Waals surface area contributed by atoms with Crippen molar-refractivity contribution >= 4 is 16.7 Å². The van der Waals surface area contributed by atoms with Gasteiger partial charge >= 0.3 is 0 Å². The average Bonchev–Trinajstić information content (AvgIpc) is 2.44. The van der Waals surface area contributed by atoms with E-state index in [1.165, 1.54) is 0 Å². The summed E-state index contributed by atoms with van der Waals surface area (Å²) in [4.78, 5) is 16.3. The number of nitriles is 1. The number of nitrogens with one attached hydrogen (secondary N) is 1. The first kappa shape index (κ1) is 13.0. The van der Waals surface area contributed by atoms with Gasteiger partial charge in [0.2, 0.25) is 0 Å². The molecule has 19 heavy (non-hydrogen) atoms. The molecule has 4 nitrogen and oxygen atoms in total. The zero-order valence-corrected chi connectivity index (χ0v) is 11.0. The molecule has 0 radical (unpaired) electrons. The van der Waals surface area contributed by atoms with E-state index in [-0.39, 0.29) is 5.91 Å². The third-order valence-corrected chi connectivity index (χ3v) is 2.88. The topological polar surface area (TPSA) is 65.8 Å². The summed E-state index contributed by atoms with van der Waals surface area (Å²) in [5.41, 5.74) is -0.188. The van der Waals surface area contributed by atoms with Crippen molar-refractivity contribution in [1.82, 2.24) is 10.3 Å². The van der Waals surface area contributed by atoms with E-state index in [1.54, 1.807) is 20.0 Å². The van der Waals surface area contributed by atoms with Gasteiger partial charge in [-0.3, -0.25) is 9.78 Å². The predicted molar refractivity (Wildman–Crippen MR) is 73.5 cm³/mol. The van der Waals surface area contributed by atoms with E-state index in [0.717, 1.165) is 10.8 Å². The van der Waals surface area contributed by atoms with Crippen LogP contribution in [0.25, 0.3) is 10.8 Å². The highest BCUT2D eigenvalue weighted by Gasteiger charge is 2.19. The molecule has 0 unspecified atom stereocenters. The van der Waals surface area contributed by atoms with Gasteiger partial charge in [-0.05, 0) is 25.3 Å². The van der Waals surface area contributed by atoms with Gasteiger partial charge in [0.05, 0.1) is 11.5 Å². The fourth-order valence-corrected chi connectivity index (χ4v) is 1.73. The van der Waals surface area contributed by atoms with Crippen LogP contribution in [0.4, 0.5) is 0 Å². The molecular formula is C15H15N3O. The minimum Gasteiger partial charge on any atom is -0.349 e. The molecule has 0 bridgehead atoms. The number of carbonyl (C=O) groups is 1. The summed E-state index contributed by atoms with van der Waals surface area (Å²) in [6.45, 7) is 3.86. The third kappa shape index (κ3) is 2.89. The van der Waals surface area contributed by atoms with Crippen LogP contribution in [0.15, 0.2) is 36.5 Å². The van der Waals surface area contributed by atoms with Crippen molar-refractivity contribution in [3.05, 3.63) is 42.2 Å². The van der Waals surface area contributed by atoms with Gasteiger partial charge in [-0.1, -0.05) is 24.3 Å². The summed E-state index contributed by atoms with van der Waals surface area (Å²) in [6, 6.07) is 11.6. The summed E-state index contributed by atoms with van der Waals surface area (Å²) in [5, 5.41) is 13.5. The molecule has 0 spiro atoms. The summed E-state index contributed by atoms with van der Waals surface area (Å²) in [7, 11) is 0. The summed E-state index contributed by atoms with van der Waals surface area (Å²) < 4.78 is 0. The standard InChI is InChI=1S/C15H15N3O/c1-15(2,9-16)10-18-14(19)13-12-6-4-3-5-11(12)7-8-17-13/h3-8H,10H2,1-2H3,(H,18,19). The van der Waals surface area contributed by atoms with Crippen LogP contribution in [-0.2, 0) is 0 Å². The van der Waals surface area contributed by atoms with E-state index in [0.29, 0.717) is 12.2 Å². The van der Waals surface area contributed by atoms with Crippen molar-refractivity contribution < 1.29 is 4.79 Å². The molecule has 0 aliphatic heterocycles. The summed E-state index contributed by atoms with van der Waals surface area (Å²) >= 11 is 0. The fraction of sp³-hybridized carbons (Fsp3) is 0.267. The molecule has 1 aromatic carbocycles. The van der Waals surface area contributed by atoms with Crippen molar-refractivity contribution in [1.29, 1.82) is 5.26 Å². The largest absolute Gasteiger partial charge is 0.349 e. The summed E-state index contributed by atoms with van der Waals surface area (Å²) in [6.07, 6.45) is 1.62. The Labute approximate surface area is 112 Å². The first-order chi connectivity index (χ1) is 9.03. The van der Waals surface area contributed by atoms with E-state index in [4.69, 9.17) is 5.26 Å². The van der Waals surface area contributed by atoms with E-state index in [9.17, 15) is 4.79 Å².